The van der Waals surface area contributed by atoms with Crippen molar-refractivity contribution in [1.82, 2.24) is 15.2 Å². The lowest BCUT2D eigenvalue weighted by atomic mass is 10.1. The first-order valence-electron chi connectivity index (χ1n) is 12.8. The molecule has 0 radical (unpaired) electrons. The van der Waals surface area contributed by atoms with Gasteiger partial charge in [0.15, 0.2) is 0 Å². The van der Waals surface area contributed by atoms with Crippen LogP contribution in [0.25, 0.3) is 0 Å². The molecule has 2 saturated heterocycles. The minimum Gasteiger partial charge on any atom is -0.490 e. The van der Waals surface area contributed by atoms with Crippen molar-refractivity contribution in [2.24, 2.45) is 0 Å². The molecule has 1 N–H and O–H groups in total. The summed E-state index contributed by atoms with van der Waals surface area (Å²) in [6, 6.07) is 16.4. The van der Waals surface area contributed by atoms with Gasteiger partial charge in [0.2, 0.25) is 5.88 Å². The Morgan fingerprint density at radius 1 is 0.846 bits per heavy atom. The fraction of sp³-hybridized carbons (Fsp3) is 0.357. The zero-order chi connectivity index (χ0) is 27.2. The average molecular weight is 543 g/mol. The standard InChI is InChI=1S/C28H29F3N4O4/c29-28(30,31)20-1-10-26(33-19-20)38-23-6-8-24(9-7-23)39-27(36)35-15-11-25(12-16-35)37-22-4-2-21(3-5-22)34-17-13-32-14-18-34/h1-10,19,25,32H,11-18H2. The van der Waals surface area contributed by atoms with Gasteiger partial charge in [-0.1, -0.05) is 0 Å². The third-order valence-corrected chi connectivity index (χ3v) is 6.64. The molecular weight excluding hydrogens is 513 g/mol. The number of anilines is 1. The van der Waals surface area contributed by atoms with Gasteiger partial charge < -0.3 is 29.3 Å². The summed E-state index contributed by atoms with van der Waals surface area (Å²) in [5, 5.41) is 3.35. The zero-order valence-corrected chi connectivity index (χ0v) is 21.2. The molecular formula is C28H29F3N4O4. The van der Waals surface area contributed by atoms with Crippen molar-refractivity contribution in [3.8, 4) is 23.1 Å². The lowest BCUT2D eigenvalue weighted by Gasteiger charge is -2.32. The number of nitrogens with zero attached hydrogens (tertiary/aromatic N) is 3. The van der Waals surface area contributed by atoms with Crippen molar-refractivity contribution < 1.29 is 32.2 Å². The Bertz CT molecular complexity index is 1220. The van der Waals surface area contributed by atoms with E-state index < -0.39 is 17.8 Å². The summed E-state index contributed by atoms with van der Waals surface area (Å²) in [5.74, 6) is 1.52. The maximum absolute atomic E-state index is 12.7. The van der Waals surface area contributed by atoms with E-state index in [2.05, 4.69) is 27.3 Å². The molecule has 3 heterocycles. The number of piperidine rings is 1. The Hall–Kier alpha value is -3.99. The van der Waals surface area contributed by atoms with Crippen LogP contribution < -0.4 is 24.4 Å². The fourth-order valence-corrected chi connectivity index (χ4v) is 4.48. The van der Waals surface area contributed by atoms with Crippen LogP contribution in [0.15, 0.2) is 66.9 Å². The molecule has 5 rings (SSSR count). The Kier molecular flexibility index (Phi) is 8.06. The largest absolute Gasteiger partial charge is 0.490 e. The van der Waals surface area contributed by atoms with Gasteiger partial charge in [-0.2, -0.15) is 13.2 Å². The Morgan fingerprint density at radius 2 is 1.49 bits per heavy atom. The summed E-state index contributed by atoms with van der Waals surface area (Å²) >= 11 is 0. The molecule has 0 atom stereocenters. The number of ether oxygens (including phenoxy) is 3. The van der Waals surface area contributed by atoms with Crippen molar-refractivity contribution in [2.45, 2.75) is 25.1 Å². The van der Waals surface area contributed by atoms with Crippen molar-refractivity contribution in [2.75, 3.05) is 44.2 Å². The predicted octanol–water partition coefficient (Wildman–Crippen LogP) is 5.34. The Labute approximate surface area is 224 Å². The third kappa shape index (κ3) is 7.11. The average Bonchev–Trinajstić information content (AvgIpc) is 2.95. The number of hydrogen-bond donors (Lipinski definition) is 1. The Morgan fingerprint density at radius 3 is 2.10 bits per heavy atom. The molecule has 0 bridgehead atoms. The number of rotatable bonds is 6. The highest BCUT2D eigenvalue weighted by molar-refractivity contribution is 5.70. The number of amides is 1. The monoisotopic (exact) mass is 542 g/mol. The van der Waals surface area contributed by atoms with Gasteiger partial charge in [0.25, 0.3) is 0 Å². The van der Waals surface area contributed by atoms with Crippen LogP contribution in [-0.4, -0.2) is 61.3 Å². The van der Waals surface area contributed by atoms with Gasteiger partial charge in [-0.3, -0.25) is 0 Å². The number of carbonyl (C=O) groups excluding carboxylic acids is 1. The molecule has 11 heteroatoms. The lowest BCUT2D eigenvalue weighted by molar-refractivity contribution is -0.137. The number of piperazine rings is 1. The summed E-state index contributed by atoms with van der Waals surface area (Å²) in [5.41, 5.74) is 0.338. The second-order valence-corrected chi connectivity index (χ2v) is 9.36. The van der Waals surface area contributed by atoms with Crippen molar-refractivity contribution >= 4 is 11.8 Å². The quantitative estimate of drug-likeness (QED) is 0.450. The minimum atomic E-state index is -4.46. The molecule has 206 valence electrons. The number of carbonyl (C=O) groups is 1. The fourth-order valence-electron chi connectivity index (χ4n) is 4.48. The normalized spacial score (nSPS) is 16.6. The van der Waals surface area contributed by atoms with E-state index in [0.717, 1.165) is 44.1 Å². The molecule has 0 aliphatic carbocycles. The van der Waals surface area contributed by atoms with Crippen molar-refractivity contribution in [3.63, 3.8) is 0 Å². The Balaban J connectivity index is 1.06. The molecule has 1 aromatic heterocycles. The van der Waals surface area contributed by atoms with Crippen LogP contribution in [0.2, 0.25) is 0 Å². The lowest BCUT2D eigenvalue weighted by Crippen LogP contribution is -2.43. The van der Waals surface area contributed by atoms with E-state index >= 15 is 0 Å². The van der Waals surface area contributed by atoms with E-state index in [1.54, 1.807) is 29.2 Å². The maximum atomic E-state index is 12.7. The number of halogens is 3. The summed E-state index contributed by atoms with van der Waals surface area (Å²) in [6.45, 7) is 5.00. The van der Waals surface area contributed by atoms with Crippen LogP contribution in [0.5, 0.6) is 23.1 Å². The molecule has 2 fully saturated rings. The smallest absolute Gasteiger partial charge is 0.417 e. The van der Waals surface area contributed by atoms with E-state index in [4.69, 9.17) is 14.2 Å². The number of aromatic nitrogens is 1. The van der Waals surface area contributed by atoms with Crippen molar-refractivity contribution in [1.29, 1.82) is 0 Å². The summed E-state index contributed by atoms with van der Waals surface area (Å²) in [4.78, 5) is 20.3. The molecule has 39 heavy (non-hydrogen) atoms. The van der Waals surface area contributed by atoms with Crippen LogP contribution >= 0.6 is 0 Å². The second kappa shape index (κ2) is 11.8. The van der Waals surface area contributed by atoms with E-state index in [1.807, 2.05) is 12.1 Å². The number of likely N-dealkylation sites (tertiary alicyclic amines) is 1. The predicted molar refractivity (Wildman–Crippen MR) is 139 cm³/mol. The molecule has 2 aliphatic heterocycles. The summed E-state index contributed by atoms with van der Waals surface area (Å²) in [7, 11) is 0. The van der Waals surface area contributed by atoms with E-state index in [1.165, 1.54) is 5.69 Å². The van der Waals surface area contributed by atoms with Gasteiger partial charge in [-0.25, -0.2) is 9.78 Å². The van der Waals surface area contributed by atoms with Crippen LogP contribution in [0.3, 0.4) is 0 Å². The minimum absolute atomic E-state index is 0.0216. The van der Waals surface area contributed by atoms with E-state index in [0.29, 0.717) is 43.6 Å². The highest BCUT2D eigenvalue weighted by atomic mass is 19.4. The maximum Gasteiger partial charge on any atom is 0.417 e. The van der Waals surface area contributed by atoms with Gasteiger partial charge in [0, 0.05) is 70.1 Å². The molecule has 3 aromatic rings. The molecule has 0 saturated carbocycles. The topological polar surface area (TPSA) is 76.2 Å². The van der Waals surface area contributed by atoms with Gasteiger partial charge in [-0.05, 0) is 54.6 Å². The van der Waals surface area contributed by atoms with Gasteiger partial charge in [0.05, 0.1) is 5.56 Å². The summed E-state index contributed by atoms with van der Waals surface area (Å²) < 4.78 is 55.1. The van der Waals surface area contributed by atoms with Gasteiger partial charge >= 0.3 is 12.3 Å². The molecule has 0 spiro atoms. The van der Waals surface area contributed by atoms with Crippen LogP contribution in [0.1, 0.15) is 18.4 Å². The zero-order valence-electron chi connectivity index (χ0n) is 21.2. The van der Waals surface area contributed by atoms with Gasteiger partial charge in [-0.15, -0.1) is 0 Å². The summed E-state index contributed by atoms with van der Waals surface area (Å²) in [6.07, 6.45) is -2.79. The van der Waals surface area contributed by atoms with Crippen LogP contribution in [0, 0.1) is 0 Å². The van der Waals surface area contributed by atoms with Crippen LogP contribution in [-0.2, 0) is 6.18 Å². The van der Waals surface area contributed by atoms with Crippen molar-refractivity contribution in [3.05, 3.63) is 72.4 Å². The molecule has 8 nitrogen and oxygen atoms in total. The molecule has 2 aromatic carbocycles. The molecule has 0 unspecified atom stereocenters. The number of benzene rings is 2. The van der Waals surface area contributed by atoms with Crippen LogP contribution in [0.4, 0.5) is 23.7 Å². The van der Waals surface area contributed by atoms with E-state index in [-0.39, 0.29) is 12.0 Å². The first kappa shape index (κ1) is 26.6. The number of hydrogen-bond acceptors (Lipinski definition) is 7. The second-order valence-electron chi connectivity index (χ2n) is 9.36. The molecule has 2 aliphatic rings. The number of nitrogens with one attached hydrogen (secondary N) is 1. The highest BCUT2D eigenvalue weighted by Crippen LogP contribution is 2.30. The first-order chi connectivity index (χ1) is 18.8. The first-order valence-corrected chi connectivity index (χ1v) is 12.8. The van der Waals surface area contributed by atoms with E-state index in [9.17, 15) is 18.0 Å². The molecule has 1 amide bonds. The number of alkyl halides is 3. The SMILES string of the molecule is O=C(Oc1ccc(Oc2ccc(C(F)(F)F)cn2)cc1)N1CCC(Oc2ccc(N3CCNCC3)cc2)CC1. The highest BCUT2D eigenvalue weighted by Gasteiger charge is 2.31. The number of pyridine rings is 1. The van der Waals surface area contributed by atoms with Gasteiger partial charge in [0.1, 0.15) is 23.4 Å². The third-order valence-electron chi connectivity index (χ3n) is 6.64.